The van der Waals surface area contributed by atoms with Crippen molar-refractivity contribution in [3.63, 3.8) is 0 Å². The highest BCUT2D eigenvalue weighted by Gasteiger charge is 2.27. The van der Waals surface area contributed by atoms with Crippen LogP contribution in [0.3, 0.4) is 0 Å². The number of halogens is 5. The normalized spacial score (nSPS) is 13.3. The van der Waals surface area contributed by atoms with Gasteiger partial charge in [0.2, 0.25) is 23.6 Å². The molecule has 28 heteroatoms. The van der Waals surface area contributed by atoms with Crippen LogP contribution in [0.4, 0.5) is 11.4 Å². The average molecular weight is 1210 g/mol. The van der Waals surface area contributed by atoms with E-state index < -0.39 is 7.12 Å². The van der Waals surface area contributed by atoms with Gasteiger partial charge in [0.05, 0.1) is 85.2 Å². The average Bonchev–Trinajstić information content (AvgIpc) is 3.84. The number of methoxy groups -OCH3 is 6. The number of nitrogens with zero attached hydrogens (tertiary/aromatic N) is 12. The Morgan fingerprint density at radius 2 is 1.05 bits per heavy atom. The minimum absolute atomic E-state index is 0.0369. The SMILES string of the molecule is COc1cc(N2CCN(C(=O)Cn3nc(I)c(Cl)c3C)CC2)ccc1Cl.COc1ncc(-c2nn(CC(=O)N3CCN(c4ccc(Cl)c(OC)c4)CC3)c(C)c2Cl)c(OC)n1.COc1ncc(B(O)O)c(OC)n1. The van der Waals surface area contributed by atoms with Crippen LogP contribution in [0.2, 0.25) is 20.1 Å². The number of carbonyl (C=O) groups is 2. The zero-order valence-electron chi connectivity index (χ0n) is 41.7. The molecule has 2 N–H and O–H groups in total. The minimum Gasteiger partial charge on any atom is -0.495 e. The molecule has 0 radical (unpaired) electrons. The third kappa shape index (κ3) is 13.9. The molecule has 4 aromatic heterocycles. The van der Waals surface area contributed by atoms with E-state index in [1.54, 1.807) is 23.6 Å². The standard InChI is InChI=1S/C23H26Cl2N6O4.C17H19Cl2IN4O2.C6H9BN2O4/c1-14-20(25)21(16-12-26-23(35-4)27-22(16)34-3)28-31(14)13-19(32)30-9-7-29(8-10-30)15-5-6-17(24)18(11-15)33-2;1-11-16(19)17(20)21-24(11)10-15(25)23-7-5-22(6-8-23)12-3-4-13(18)14(9-12)26-2;1-12-5-4(7(10)11)3-8-6(9-5)13-2/h5-6,11-12H,7-10,13H2,1-4H3;3-4,9H,5-8,10H2,1-2H3;3,10-11H,1-2H3. The lowest BCUT2D eigenvalue weighted by Gasteiger charge is -2.36. The Morgan fingerprint density at radius 1 is 0.608 bits per heavy atom. The zero-order valence-corrected chi connectivity index (χ0v) is 46.9. The number of hydrogen-bond donors (Lipinski definition) is 2. The van der Waals surface area contributed by atoms with Gasteiger partial charge < -0.3 is 58.1 Å². The summed E-state index contributed by atoms with van der Waals surface area (Å²) in [7, 11) is 7.28. The summed E-state index contributed by atoms with van der Waals surface area (Å²) in [5.74, 6) is 1.67. The summed E-state index contributed by atoms with van der Waals surface area (Å²) in [6.07, 6.45) is 2.77. The predicted molar refractivity (Wildman–Crippen MR) is 289 cm³/mol. The molecule has 6 aromatic rings. The topological polar surface area (TPSA) is 230 Å². The van der Waals surface area contributed by atoms with Crippen molar-refractivity contribution >= 4 is 105 Å². The number of amides is 2. The molecule has 396 valence electrons. The van der Waals surface area contributed by atoms with E-state index in [1.807, 2.05) is 60.0 Å². The second-order valence-electron chi connectivity index (χ2n) is 16.1. The molecule has 2 amide bonds. The van der Waals surface area contributed by atoms with E-state index in [0.717, 1.165) is 33.9 Å². The fourth-order valence-electron chi connectivity index (χ4n) is 7.63. The van der Waals surface area contributed by atoms with Crippen LogP contribution in [0.15, 0.2) is 48.8 Å². The summed E-state index contributed by atoms with van der Waals surface area (Å²) in [4.78, 5) is 49.6. The molecule has 2 fully saturated rings. The molecule has 2 aliphatic heterocycles. The van der Waals surface area contributed by atoms with Gasteiger partial charge in [-0.25, -0.2) is 9.97 Å². The molecule has 22 nitrogen and oxygen atoms in total. The maximum Gasteiger partial charge on any atom is 0.495 e. The molecule has 0 aliphatic carbocycles. The van der Waals surface area contributed by atoms with Crippen LogP contribution < -0.4 is 43.7 Å². The maximum atomic E-state index is 13.1. The van der Waals surface area contributed by atoms with E-state index in [1.165, 1.54) is 40.8 Å². The Hall–Kier alpha value is -5.77. The van der Waals surface area contributed by atoms with Gasteiger partial charge in [-0.1, -0.05) is 46.4 Å². The zero-order chi connectivity index (χ0) is 53.8. The van der Waals surface area contributed by atoms with Crippen molar-refractivity contribution in [3.05, 3.63) is 84.0 Å². The fraction of sp³-hybridized carbons (Fsp3) is 0.391. The molecule has 2 aliphatic rings. The van der Waals surface area contributed by atoms with Crippen LogP contribution in [-0.4, -0.2) is 173 Å². The monoisotopic (exact) mass is 1210 g/mol. The summed E-state index contributed by atoms with van der Waals surface area (Å²) < 4.78 is 34.5. The molecular formula is C46H54BCl4IN12O10. The van der Waals surface area contributed by atoms with Gasteiger partial charge in [-0.05, 0) is 60.7 Å². The summed E-state index contributed by atoms with van der Waals surface area (Å²) in [5.41, 5.74) is 4.59. The van der Waals surface area contributed by atoms with Gasteiger partial charge in [0.1, 0.15) is 34.0 Å². The van der Waals surface area contributed by atoms with E-state index in [9.17, 15) is 9.59 Å². The van der Waals surface area contributed by atoms with Gasteiger partial charge in [0.25, 0.3) is 0 Å². The molecule has 2 aromatic carbocycles. The minimum atomic E-state index is -1.65. The van der Waals surface area contributed by atoms with Crippen molar-refractivity contribution in [2.24, 2.45) is 0 Å². The molecule has 0 unspecified atom stereocenters. The quantitative estimate of drug-likeness (QED) is 0.108. The summed E-state index contributed by atoms with van der Waals surface area (Å²) in [5, 5.41) is 28.8. The molecule has 0 saturated carbocycles. The molecule has 0 bridgehead atoms. The fourth-order valence-corrected chi connectivity index (χ4v) is 9.05. The molecule has 74 heavy (non-hydrogen) atoms. The number of ether oxygens (including phenoxy) is 6. The second kappa shape index (κ2) is 26.6. The number of piperazine rings is 2. The van der Waals surface area contributed by atoms with Crippen molar-refractivity contribution in [2.75, 3.05) is 105 Å². The largest absolute Gasteiger partial charge is 0.495 e. The second-order valence-corrected chi connectivity index (χ2v) is 18.7. The molecule has 2 saturated heterocycles. The maximum absolute atomic E-state index is 13.1. The van der Waals surface area contributed by atoms with E-state index in [0.29, 0.717) is 87.8 Å². The number of carbonyl (C=O) groups excluding carboxylic acids is 2. The van der Waals surface area contributed by atoms with Gasteiger partial charge in [-0.15, -0.1) is 0 Å². The van der Waals surface area contributed by atoms with E-state index >= 15 is 0 Å². The lowest BCUT2D eigenvalue weighted by molar-refractivity contribution is -0.133. The highest BCUT2D eigenvalue weighted by atomic mass is 127. The number of anilines is 2. The van der Waals surface area contributed by atoms with Crippen molar-refractivity contribution in [2.45, 2.75) is 26.9 Å². The van der Waals surface area contributed by atoms with Crippen molar-refractivity contribution in [3.8, 4) is 46.5 Å². The number of hydrogen-bond acceptors (Lipinski definition) is 18. The number of benzene rings is 2. The first-order valence-electron chi connectivity index (χ1n) is 22.6. The van der Waals surface area contributed by atoms with E-state index in [2.05, 4.69) is 62.5 Å². The molecule has 0 atom stereocenters. The lowest BCUT2D eigenvalue weighted by atomic mass is 9.82. The van der Waals surface area contributed by atoms with Crippen molar-refractivity contribution < 1.29 is 48.1 Å². The lowest BCUT2D eigenvalue weighted by Crippen LogP contribution is -2.49. The van der Waals surface area contributed by atoms with E-state index in [4.69, 9.17) is 84.9 Å². The van der Waals surface area contributed by atoms with Gasteiger partial charge in [0.15, 0.2) is 0 Å². The van der Waals surface area contributed by atoms with Crippen molar-refractivity contribution in [1.29, 1.82) is 0 Å². The third-order valence-corrected chi connectivity index (χ3v) is 14.4. The Labute approximate surface area is 461 Å². The Morgan fingerprint density at radius 3 is 1.47 bits per heavy atom. The predicted octanol–water partition coefficient (Wildman–Crippen LogP) is 4.96. The molecular weight excluding hydrogens is 1160 g/mol. The Balaban J connectivity index is 0.000000200. The highest BCUT2D eigenvalue weighted by molar-refractivity contribution is 14.1. The van der Waals surface area contributed by atoms with Crippen LogP contribution in [0.5, 0.6) is 35.3 Å². The summed E-state index contributed by atoms with van der Waals surface area (Å²) in [6.45, 7) is 9.37. The van der Waals surface area contributed by atoms with Gasteiger partial charge >= 0.3 is 19.1 Å². The summed E-state index contributed by atoms with van der Waals surface area (Å²) >= 11 is 27.0. The number of rotatable bonds is 14. The number of aromatic nitrogens is 8. The van der Waals surface area contributed by atoms with Gasteiger partial charge in [-0.2, -0.15) is 20.2 Å². The Kier molecular flexibility index (Phi) is 20.7. The van der Waals surface area contributed by atoms with Crippen LogP contribution in [0, 0.1) is 17.5 Å². The summed E-state index contributed by atoms with van der Waals surface area (Å²) in [6, 6.07) is 11.7. The molecule has 0 spiro atoms. The first kappa shape index (κ1) is 57.5. The van der Waals surface area contributed by atoms with Crippen molar-refractivity contribution in [1.82, 2.24) is 49.3 Å². The molecule has 6 heterocycles. The first-order chi connectivity index (χ1) is 35.4. The van der Waals surface area contributed by atoms with E-state index in [-0.39, 0.29) is 54.1 Å². The third-order valence-electron chi connectivity index (χ3n) is 11.8. The van der Waals surface area contributed by atoms with Crippen LogP contribution in [0.1, 0.15) is 11.4 Å². The van der Waals surface area contributed by atoms with Crippen LogP contribution in [0.25, 0.3) is 11.3 Å². The Bertz CT molecular complexity index is 2910. The highest BCUT2D eigenvalue weighted by Crippen LogP contribution is 2.36. The van der Waals surface area contributed by atoms with Crippen LogP contribution in [-0.2, 0) is 22.7 Å². The first-order valence-corrected chi connectivity index (χ1v) is 25.1. The molecule has 8 rings (SSSR count). The van der Waals surface area contributed by atoms with Crippen LogP contribution >= 0.6 is 69.0 Å². The van der Waals surface area contributed by atoms with Gasteiger partial charge in [-0.3, -0.25) is 19.0 Å². The smallest absolute Gasteiger partial charge is 0.495 e. The van der Waals surface area contributed by atoms with Gasteiger partial charge in [0, 0.05) is 88.3 Å².